The third-order valence-electron chi connectivity index (χ3n) is 2.17. The Kier molecular flexibility index (Phi) is 4.62. The highest BCUT2D eigenvalue weighted by Crippen LogP contribution is 2.25. The Bertz CT molecular complexity index is 385. The van der Waals surface area contributed by atoms with Crippen LogP contribution in [0.4, 0.5) is 0 Å². The van der Waals surface area contributed by atoms with Gasteiger partial charge in [0.05, 0.1) is 7.11 Å². The number of benzene rings is 1. The molecule has 0 aromatic heterocycles. The lowest BCUT2D eigenvalue weighted by atomic mass is 10.1. The maximum Gasteiger partial charge on any atom is 0.181 e. The van der Waals surface area contributed by atoms with Crippen molar-refractivity contribution in [2.45, 2.75) is 19.4 Å². The molecule has 0 saturated carbocycles. The zero-order valence-electron chi connectivity index (χ0n) is 9.56. The molecule has 0 radical (unpaired) electrons. The van der Waals surface area contributed by atoms with Gasteiger partial charge in [0, 0.05) is 0 Å². The van der Waals surface area contributed by atoms with E-state index in [0.29, 0.717) is 18.7 Å². The van der Waals surface area contributed by atoms with Gasteiger partial charge < -0.3 is 15.2 Å². The molecule has 1 unspecified atom stereocenters. The summed E-state index contributed by atoms with van der Waals surface area (Å²) in [5.74, 6) is 1.46. The fourth-order valence-corrected chi connectivity index (χ4v) is 1.37. The van der Waals surface area contributed by atoms with Crippen molar-refractivity contribution in [2.75, 3.05) is 13.7 Å². The van der Waals surface area contributed by atoms with E-state index in [9.17, 15) is 0 Å². The third-order valence-corrected chi connectivity index (χ3v) is 2.17. The minimum Gasteiger partial charge on any atom is -0.497 e. The second kappa shape index (κ2) is 5.99. The van der Waals surface area contributed by atoms with Gasteiger partial charge in [-0.3, -0.25) is 0 Å². The second-order valence-electron chi connectivity index (χ2n) is 3.40. The number of hydrogen-bond acceptors (Lipinski definition) is 4. The number of rotatable bonds is 5. The Morgan fingerprint density at radius 2 is 2.25 bits per heavy atom. The average molecular weight is 220 g/mol. The molecule has 4 nitrogen and oxygen atoms in total. The first kappa shape index (κ1) is 12.3. The largest absolute Gasteiger partial charge is 0.497 e. The lowest BCUT2D eigenvalue weighted by Crippen LogP contribution is -2.11. The molecular formula is C12H16N2O2. The Labute approximate surface area is 95.6 Å². The molecule has 0 bridgehead atoms. The summed E-state index contributed by atoms with van der Waals surface area (Å²) < 4.78 is 10.6. The zero-order valence-corrected chi connectivity index (χ0v) is 9.56. The van der Waals surface area contributed by atoms with E-state index in [1.54, 1.807) is 26.2 Å². The summed E-state index contributed by atoms with van der Waals surface area (Å²) in [6, 6.07) is 7.52. The van der Waals surface area contributed by atoms with Crippen LogP contribution in [-0.2, 0) is 6.42 Å². The molecule has 1 aromatic rings. The molecule has 0 aliphatic rings. The van der Waals surface area contributed by atoms with Crippen LogP contribution in [0.15, 0.2) is 18.2 Å². The number of nitrogens with zero attached hydrogens (tertiary/aromatic N) is 1. The first-order chi connectivity index (χ1) is 7.71. The molecule has 1 aromatic carbocycles. The van der Waals surface area contributed by atoms with Gasteiger partial charge in [-0.1, -0.05) is 0 Å². The molecule has 86 valence electrons. The molecule has 16 heavy (non-hydrogen) atoms. The molecule has 4 heteroatoms. The van der Waals surface area contributed by atoms with E-state index in [1.807, 2.05) is 12.1 Å². The molecule has 0 aliphatic heterocycles. The molecule has 0 fully saturated rings. The van der Waals surface area contributed by atoms with Crippen molar-refractivity contribution in [1.29, 1.82) is 5.26 Å². The van der Waals surface area contributed by atoms with Crippen LogP contribution in [0, 0.1) is 11.3 Å². The van der Waals surface area contributed by atoms with Gasteiger partial charge in [0.25, 0.3) is 0 Å². The summed E-state index contributed by atoms with van der Waals surface area (Å²) in [6.45, 7) is 2.24. The van der Waals surface area contributed by atoms with E-state index in [2.05, 4.69) is 0 Å². The van der Waals surface area contributed by atoms with Gasteiger partial charge in [0.15, 0.2) is 6.10 Å². The monoisotopic (exact) mass is 220 g/mol. The highest BCUT2D eigenvalue weighted by atomic mass is 16.5. The highest BCUT2D eigenvalue weighted by Gasteiger charge is 2.08. The molecule has 0 saturated heterocycles. The molecule has 0 spiro atoms. The summed E-state index contributed by atoms with van der Waals surface area (Å²) in [4.78, 5) is 0. The van der Waals surface area contributed by atoms with E-state index >= 15 is 0 Å². The average Bonchev–Trinajstić information content (AvgIpc) is 2.31. The third kappa shape index (κ3) is 3.14. The van der Waals surface area contributed by atoms with E-state index < -0.39 is 6.10 Å². The molecular weight excluding hydrogens is 204 g/mol. The van der Waals surface area contributed by atoms with Crippen LogP contribution in [0.2, 0.25) is 0 Å². The number of methoxy groups -OCH3 is 1. The quantitative estimate of drug-likeness (QED) is 0.816. The van der Waals surface area contributed by atoms with Gasteiger partial charge in [0.1, 0.15) is 17.6 Å². The van der Waals surface area contributed by atoms with Crippen molar-refractivity contribution in [3.05, 3.63) is 23.8 Å². The van der Waals surface area contributed by atoms with Gasteiger partial charge in [0.2, 0.25) is 0 Å². The lowest BCUT2D eigenvalue weighted by Gasteiger charge is -2.13. The minimum atomic E-state index is -0.468. The first-order valence-corrected chi connectivity index (χ1v) is 5.14. The van der Waals surface area contributed by atoms with Crippen molar-refractivity contribution in [1.82, 2.24) is 0 Å². The smallest absolute Gasteiger partial charge is 0.181 e. The molecule has 2 N–H and O–H groups in total. The number of nitrogens with two attached hydrogens (primary N) is 1. The second-order valence-corrected chi connectivity index (χ2v) is 3.40. The van der Waals surface area contributed by atoms with Crippen LogP contribution in [-0.4, -0.2) is 19.8 Å². The number of nitriles is 1. The molecule has 1 rings (SSSR count). The van der Waals surface area contributed by atoms with Crippen LogP contribution in [0.5, 0.6) is 11.5 Å². The molecule has 0 heterocycles. The van der Waals surface area contributed by atoms with Crippen LogP contribution in [0.3, 0.4) is 0 Å². The van der Waals surface area contributed by atoms with Crippen molar-refractivity contribution in [3.63, 3.8) is 0 Å². The standard InChI is InChI=1S/C12H16N2O2/c1-9(8-14)16-12-4-3-11(15-2)7-10(12)5-6-13/h3-4,7,9H,5-6,13H2,1-2H3. The normalized spacial score (nSPS) is 11.6. The number of hydrogen-bond donors (Lipinski definition) is 1. The van der Waals surface area contributed by atoms with Crippen LogP contribution >= 0.6 is 0 Å². The zero-order chi connectivity index (χ0) is 12.0. The summed E-state index contributed by atoms with van der Waals surface area (Å²) in [6.07, 6.45) is 0.231. The van der Waals surface area contributed by atoms with Gasteiger partial charge in [-0.05, 0) is 43.7 Å². The predicted octanol–water partition coefficient (Wildman–Crippen LogP) is 1.49. The molecule has 1 atom stereocenters. The SMILES string of the molecule is COc1ccc(OC(C)C#N)c(CCN)c1. The van der Waals surface area contributed by atoms with Crippen molar-refractivity contribution < 1.29 is 9.47 Å². The lowest BCUT2D eigenvalue weighted by molar-refractivity contribution is 0.273. The fraction of sp³-hybridized carbons (Fsp3) is 0.417. The Hall–Kier alpha value is -1.73. The Morgan fingerprint density at radius 3 is 2.81 bits per heavy atom. The molecule has 0 aliphatic carbocycles. The summed E-state index contributed by atoms with van der Waals surface area (Å²) in [5.41, 5.74) is 6.48. The highest BCUT2D eigenvalue weighted by molar-refractivity contribution is 5.40. The summed E-state index contributed by atoms with van der Waals surface area (Å²) >= 11 is 0. The van der Waals surface area contributed by atoms with Crippen LogP contribution < -0.4 is 15.2 Å². The van der Waals surface area contributed by atoms with Crippen molar-refractivity contribution in [2.24, 2.45) is 5.73 Å². The van der Waals surface area contributed by atoms with Crippen LogP contribution in [0.1, 0.15) is 12.5 Å². The Balaban J connectivity index is 2.94. The summed E-state index contributed by atoms with van der Waals surface area (Å²) in [5, 5.41) is 8.69. The van der Waals surface area contributed by atoms with Crippen molar-refractivity contribution >= 4 is 0 Å². The van der Waals surface area contributed by atoms with Crippen molar-refractivity contribution in [3.8, 4) is 17.6 Å². The predicted molar refractivity (Wildman–Crippen MR) is 61.5 cm³/mol. The Morgan fingerprint density at radius 1 is 1.50 bits per heavy atom. The first-order valence-electron chi connectivity index (χ1n) is 5.14. The van der Waals surface area contributed by atoms with Crippen LogP contribution in [0.25, 0.3) is 0 Å². The maximum absolute atomic E-state index is 8.69. The van der Waals surface area contributed by atoms with Gasteiger partial charge >= 0.3 is 0 Å². The van der Waals surface area contributed by atoms with Gasteiger partial charge in [-0.2, -0.15) is 5.26 Å². The van der Waals surface area contributed by atoms with E-state index in [0.717, 1.165) is 11.3 Å². The number of ether oxygens (including phenoxy) is 2. The fourth-order valence-electron chi connectivity index (χ4n) is 1.37. The van der Waals surface area contributed by atoms with Gasteiger partial charge in [-0.25, -0.2) is 0 Å². The topological polar surface area (TPSA) is 68.3 Å². The maximum atomic E-state index is 8.69. The van der Waals surface area contributed by atoms with E-state index in [-0.39, 0.29) is 0 Å². The summed E-state index contributed by atoms with van der Waals surface area (Å²) in [7, 11) is 1.61. The minimum absolute atomic E-state index is 0.468. The van der Waals surface area contributed by atoms with E-state index in [4.69, 9.17) is 20.5 Å². The molecule has 0 amide bonds. The van der Waals surface area contributed by atoms with E-state index in [1.165, 1.54) is 0 Å². The van der Waals surface area contributed by atoms with Gasteiger partial charge in [-0.15, -0.1) is 0 Å².